The summed E-state index contributed by atoms with van der Waals surface area (Å²) in [6, 6.07) is -1.36. The standard InChI is InChI=1S/C6H9Cl3N2O3S/c7-6(8,9)5(12)11-4-2-15(13,14)1-3(4)10/h3-4H,1-2,10H2,(H,11,12)/t3-,4+/m0/s1. The number of nitrogens with one attached hydrogen (secondary N) is 1. The first-order valence-corrected chi connectivity index (χ1v) is 6.91. The fourth-order valence-corrected chi connectivity index (χ4v) is 3.27. The van der Waals surface area contributed by atoms with E-state index in [1.807, 2.05) is 0 Å². The van der Waals surface area contributed by atoms with Crippen molar-refractivity contribution in [1.29, 1.82) is 0 Å². The van der Waals surface area contributed by atoms with Crippen molar-refractivity contribution in [3.8, 4) is 0 Å². The third-order valence-electron chi connectivity index (χ3n) is 1.97. The summed E-state index contributed by atoms with van der Waals surface area (Å²) in [5, 5.41) is 2.29. The van der Waals surface area contributed by atoms with Gasteiger partial charge in [0, 0.05) is 6.04 Å². The molecule has 0 spiro atoms. The molecule has 1 rings (SSSR count). The quantitative estimate of drug-likeness (QED) is 0.644. The van der Waals surface area contributed by atoms with Crippen molar-refractivity contribution in [2.75, 3.05) is 11.5 Å². The second-order valence-corrected chi connectivity index (χ2v) is 7.75. The summed E-state index contributed by atoms with van der Waals surface area (Å²) >= 11 is 15.9. The number of halogens is 3. The van der Waals surface area contributed by atoms with Gasteiger partial charge in [0.15, 0.2) is 9.84 Å². The van der Waals surface area contributed by atoms with Crippen LogP contribution in [0.5, 0.6) is 0 Å². The summed E-state index contributed by atoms with van der Waals surface area (Å²) in [4.78, 5) is 11.2. The van der Waals surface area contributed by atoms with E-state index >= 15 is 0 Å². The Morgan fingerprint density at radius 2 is 1.87 bits per heavy atom. The molecule has 1 amide bonds. The first-order chi connectivity index (χ1) is 6.62. The van der Waals surface area contributed by atoms with Crippen LogP contribution in [0.4, 0.5) is 0 Å². The molecule has 88 valence electrons. The number of hydrogen-bond donors (Lipinski definition) is 2. The normalized spacial score (nSPS) is 30.1. The third-order valence-corrected chi connectivity index (χ3v) is 4.25. The fraction of sp³-hybridized carbons (Fsp3) is 0.833. The highest BCUT2D eigenvalue weighted by Gasteiger charge is 2.40. The van der Waals surface area contributed by atoms with Gasteiger partial charge in [0.1, 0.15) is 0 Å². The highest BCUT2D eigenvalue weighted by Crippen LogP contribution is 2.26. The molecule has 1 saturated heterocycles. The minimum absolute atomic E-state index is 0.169. The van der Waals surface area contributed by atoms with Crippen molar-refractivity contribution in [2.24, 2.45) is 5.73 Å². The Balaban J connectivity index is 2.66. The van der Waals surface area contributed by atoms with Crippen LogP contribution < -0.4 is 11.1 Å². The molecule has 1 heterocycles. The van der Waals surface area contributed by atoms with E-state index in [-0.39, 0.29) is 11.5 Å². The van der Waals surface area contributed by atoms with Crippen molar-refractivity contribution in [2.45, 2.75) is 15.9 Å². The molecular weight excluding hydrogens is 287 g/mol. The maximum absolute atomic E-state index is 11.2. The first-order valence-electron chi connectivity index (χ1n) is 3.95. The number of rotatable bonds is 1. The van der Waals surface area contributed by atoms with Crippen molar-refractivity contribution >= 4 is 50.5 Å². The second kappa shape index (κ2) is 4.25. The molecule has 2 atom stereocenters. The van der Waals surface area contributed by atoms with Crippen molar-refractivity contribution in [1.82, 2.24) is 5.32 Å². The Kier molecular flexibility index (Phi) is 3.78. The van der Waals surface area contributed by atoms with Gasteiger partial charge in [0.05, 0.1) is 17.5 Å². The zero-order valence-corrected chi connectivity index (χ0v) is 10.5. The lowest BCUT2D eigenvalue weighted by Gasteiger charge is -2.18. The minimum atomic E-state index is -3.20. The van der Waals surface area contributed by atoms with Crippen LogP contribution in [-0.4, -0.2) is 41.7 Å². The molecule has 0 aromatic carbocycles. The van der Waals surface area contributed by atoms with Crippen molar-refractivity contribution < 1.29 is 13.2 Å². The zero-order chi connectivity index (χ0) is 11.9. The molecule has 0 saturated carbocycles. The molecule has 0 aliphatic carbocycles. The molecule has 9 heteroatoms. The average Bonchev–Trinajstić information content (AvgIpc) is 2.22. The number of sulfone groups is 1. The lowest BCUT2D eigenvalue weighted by molar-refractivity contribution is -0.120. The van der Waals surface area contributed by atoms with E-state index in [1.165, 1.54) is 0 Å². The average molecular weight is 296 g/mol. The van der Waals surface area contributed by atoms with Crippen molar-refractivity contribution in [3.63, 3.8) is 0 Å². The minimum Gasteiger partial charge on any atom is -0.347 e. The molecular formula is C6H9Cl3N2O3S. The number of nitrogens with two attached hydrogens (primary N) is 1. The zero-order valence-electron chi connectivity index (χ0n) is 7.41. The maximum Gasteiger partial charge on any atom is 0.272 e. The van der Waals surface area contributed by atoms with E-state index in [4.69, 9.17) is 40.5 Å². The smallest absolute Gasteiger partial charge is 0.272 e. The predicted molar refractivity (Wildman–Crippen MR) is 58.8 cm³/mol. The number of alkyl halides is 3. The Bertz CT molecular complexity index is 364. The van der Waals surface area contributed by atoms with Gasteiger partial charge in [-0.25, -0.2) is 8.42 Å². The molecule has 0 unspecified atom stereocenters. The van der Waals surface area contributed by atoms with Gasteiger partial charge in [0.25, 0.3) is 9.70 Å². The molecule has 15 heavy (non-hydrogen) atoms. The predicted octanol–water partition coefficient (Wildman–Crippen LogP) is -0.403. The van der Waals surface area contributed by atoms with E-state index < -0.39 is 31.6 Å². The highest BCUT2D eigenvalue weighted by atomic mass is 35.6. The van der Waals surface area contributed by atoms with E-state index in [0.29, 0.717) is 0 Å². The molecule has 5 nitrogen and oxygen atoms in total. The van der Waals surface area contributed by atoms with Gasteiger partial charge < -0.3 is 11.1 Å². The third kappa shape index (κ3) is 3.64. The molecule has 0 radical (unpaired) electrons. The first kappa shape index (κ1) is 13.3. The molecule has 1 aliphatic rings. The highest BCUT2D eigenvalue weighted by molar-refractivity contribution is 7.91. The summed E-state index contributed by atoms with van der Waals surface area (Å²) in [6.07, 6.45) is 0. The Hall–Kier alpha value is 0.250. The molecule has 0 aromatic rings. The van der Waals surface area contributed by atoms with Crippen LogP contribution in [0.2, 0.25) is 0 Å². The van der Waals surface area contributed by atoms with Gasteiger partial charge in [-0.3, -0.25) is 4.79 Å². The monoisotopic (exact) mass is 294 g/mol. The molecule has 1 fully saturated rings. The van der Waals surface area contributed by atoms with E-state index in [1.54, 1.807) is 0 Å². The van der Waals surface area contributed by atoms with E-state index in [2.05, 4.69) is 5.32 Å². The van der Waals surface area contributed by atoms with Crippen LogP contribution in [0, 0.1) is 0 Å². The van der Waals surface area contributed by atoms with Gasteiger partial charge in [-0.1, -0.05) is 34.8 Å². The number of carbonyl (C=O) groups excluding carboxylic acids is 1. The Morgan fingerprint density at radius 1 is 1.33 bits per heavy atom. The fourth-order valence-electron chi connectivity index (χ4n) is 1.27. The summed E-state index contributed by atoms with van der Waals surface area (Å²) in [6.45, 7) is 0. The lowest BCUT2D eigenvalue weighted by atomic mass is 10.2. The summed E-state index contributed by atoms with van der Waals surface area (Å²) in [5.74, 6) is -1.26. The number of amides is 1. The summed E-state index contributed by atoms with van der Waals surface area (Å²) in [5.41, 5.74) is 5.52. The maximum atomic E-state index is 11.2. The molecule has 0 bridgehead atoms. The van der Waals surface area contributed by atoms with Crippen LogP contribution in [0.15, 0.2) is 0 Å². The van der Waals surface area contributed by atoms with Gasteiger partial charge in [-0.2, -0.15) is 0 Å². The Morgan fingerprint density at radius 3 is 2.20 bits per heavy atom. The largest absolute Gasteiger partial charge is 0.347 e. The van der Waals surface area contributed by atoms with Crippen LogP contribution in [0.3, 0.4) is 0 Å². The van der Waals surface area contributed by atoms with Crippen LogP contribution in [-0.2, 0) is 14.6 Å². The molecule has 0 aromatic heterocycles. The number of hydrogen-bond acceptors (Lipinski definition) is 4. The van der Waals surface area contributed by atoms with Crippen LogP contribution in [0.1, 0.15) is 0 Å². The van der Waals surface area contributed by atoms with Crippen LogP contribution >= 0.6 is 34.8 Å². The van der Waals surface area contributed by atoms with Crippen LogP contribution in [0.25, 0.3) is 0 Å². The van der Waals surface area contributed by atoms with Gasteiger partial charge >= 0.3 is 0 Å². The van der Waals surface area contributed by atoms with E-state index in [9.17, 15) is 13.2 Å². The van der Waals surface area contributed by atoms with Crippen molar-refractivity contribution in [3.05, 3.63) is 0 Å². The molecule has 1 aliphatic heterocycles. The summed E-state index contributed by atoms with van der Waals surface area (Å²) < 4.78 is 20.2. The van der Waals surface area contributed by atoms with Gasteiger partial charge in [-0.15, -0.1) is 0 Å². The second-order valence-electron chi connectivity index (χ2n) is 3.32. The summed E-state index contributed by atoms with van der Waals surface area (Å²) in [7, 11) is -3.20. The SMILES string of the molecule is N[C@H]1CS(=O)(=O)C[C@H]1NC(=O)C(Cl)(Cl)Cl. The van der Waals surface area contributed by atoms with Gasteiger partial charge in [0.2, 0.25) is 0 Å². The Labute approximate surface area is 102 Å². The van der Waals surface area contributed by atoms with E-state index in [0.717, 1.165) is 0 Å². The topological polar surface area (TPSA) is 89.3 Å². The lowest BCUT2D eigenvalue weighted by Crippen LogP contribution is -2.50. The number of carbonyl (C=O) groups is 1. The van der Waals surface area contributed by atoms with Gasteiger partial charge in [-0.05, 0) is 0 Å². The molecule has 3 N–H and O–H groups in total.